The van der Waals surface area contributed by atoms with Gasteiger partial charge in [0.2, 0.25) is 5.03 Å². The molecule has 21 heavy (non-hydrogen) atoms. The Morgan fingerprint density at radius 2 is 1.76 bits per heavy atom. The van der Waals surface area contributed by atoms with E-state index in [9.17, 15) is 8.42 Å². The van der Waals surface area contributed by atoms with Crippen molar-refractivity contribution in [1.29, 1.82) is 0 Å². The molecule has 1 aliphatic carbocycles. The van der Waals surface area contributed by atoms with Crippen LogP contribution < -0.4 is 0 Å². The van der Waals surface area contributed by atoms with Crippen LogP contribution in [0.25, 0.3) is 0 Å². The molecule has 0 radical (unpaired) electrons. The number of rotatable bonds is 3. The molecule has 2 fully saturated rings. The van der Waals surface area contributed by atoms with E-state index in [1.54, 1.807) is 11.4 Å². The molecule has 2 heterocycles. The van der Waals surface area contributed by atoms with Crippen LogP contribution in [0, 0.1) is 0 Å². The summed E-state index contributed by atoms with van der Waals surface area (Å²) in [6.07, 6.45) is 5.11. The van der Waals surface area contributed by atoms with Crippen LogP contribution in [-0.2, 0) is 17.1 Å². The first-order valence-electron chi connectivity index (χ1n) is 7.29. The normalized spacial score (nSPS) is 23.0. The quantitative estimate of drug-likeness (QED) is 0.779. The summed E-state index contributed by atoms with van der Waals surface area (Å²) >= 11 is 3.17. The second kappa shape index (κ2) is 5.94. The zero-order valence-corrected chi connectivity index (χ0v) is 14.5. The smallest absolute Gasteiger partial charge is 0.263 e. The van der Waals surface area contributed by atoms with E-state index in [1.165, 1.54) is 30.4 Å². The molecule has 1 saturated heterocycles. The first-order valence-corrected chi connectivity index (χ1v) is 9.53. The van der Waals surface area contributed by atoms with Crippen LogP contribution in [0.3, 0.4) is 0 Å². The SMILES string of the molecule is Cn1nnc(Br)c1S(=O)(=O)N1CCN(C2CCCC2)CC1. The molecule has 7 nitrogen and oxygen atoms in total. The van der Waals surface area contributed by atoms with Gasteiger partial charge in [-0.1, -0.05) is 18.1 Å². The highest BCUT2D eigenvalue weighted by atomic mass is 79.9. The van der Waals surface area contributed by atoms with E-state index < -0.39 is 10.0 Å². The van der Waals surface area contributed by atoms with E-state index in [-0.39, 0.29) is 9.63 Å². The summed E-state index contributed by atoms with van der Waals surface area (Å²) in [5.74, 6) is 0. The number of nitrogens with zero attached hydrogens (tertiary/aromatic N) is 5. The minimum absolute atomic E-state index is 0.136. The highest BCUT2D eigenvalue weighted by molar-refractivity contribution is 9.10. The van der Waals surface area contributed by atoms with Crippen LogP contribution in [0.15, 0.2) is 9.63 Å². The molecule has 0 unspecified atom stereocenters. The van der Waals surface area contributed by atoms with Gasteiger partial charge in [0.25, 0.3) is 10.0 Å². The first kappa shape index (κ1) is 15.4. The summed E-state index contributed by atoms with van der Waals surface area (Å²) < 4.78 is 28.5. The Morgan fingerprint density at radius 1 is 1.14 bits per heavy atom. The molecule has 0 bridgehead atoms. The molecule has 1 aromatic rings. The van der Waals surface area contributed by atoms with Crippen LogP contribution in [0.4, 0.5) is 0 Å². The number of halogens is 1. The average molecular weight is 378 g/mol. The van der Waals surface area contributed by atoms with Crippen LogP contribution >= 0.6 is 15.9 Å². The maximum absolute atomic E-state index is 12.7. The van der Waals surface area contributed by atoms with E-state index in [0.29, 0.717) is 19.1 Å². The fourth-order valence-corrected chi connectivity index (χ4v) is 5.75. The predicted molar refractivity (Wildman–Crippen MR) is 81.3 cm³/mol. The minimum Gasteiger partial charge on any atom is -0.298 e. The molecule has 1 saturated carbocycles. The fraction of sp³-hybridized carbons (Fsp3) is 0.833. The molecule has 0 N–H and O–H groups in total. The molecule has 2 aliphatic rings. The third-order valence-corrected chi connectivity index (χ3v) is 7.22. The van der Waals surface area contributed by atoms with E-state index in [2.05, 4.69) is 31.1 Å². The Labute approximate surface area is 133 Å². The number of aryl methyl sites for hydroxylation is 1. The van der Waals surface area contributed by atoms with Gasteiger partial charge in [-0.05, 0) is 28.8 Å². The lowest BCUT2D eigenvalue weighted by atomic mass is 10.2. The molecule has 9 heteroatoms. The second-order valence-electron chi connectivity index (χ2n) is 5.69. The predicted octanol–water partition coefficient (Wildman–Crippen LogP) is 0.826. The second-order valence-corrected chi connectivity index (χ2v) is 8.29. The molecule has 1 aliphatic heterocycles. The van der Waals surface area contributed by atoms with Crippen molar-refractivity contribution in [2.45, 2.75) is 36.8 Å². The van der Waals surface area contributed by atoms with Gasteiger partial charge in [-0.3, -0.25) is 4.90 Å². The topological polar surface area (TPSA) is 71.3 Å². The Hall–Kier alpha value is -0.510. The Kier molecular flexibility index (Phi) is 4.35. The van der Waals surface area contributed by atoms with E-state index in [1.807, 2.05) is 0 Å². The molecule has 0 aromatic carbocycles. The number of aromatic nitrogens is 3. The van der Waals surface area contributed by atoms with Crippen LogP contribution in [0.2, 0.25) is 0 Å². The number of hydrogen-bond acceptors (Lipinski definition) is 5. The Bertz CT molecular complexity index is 584. The van der Waals surface area contributed by atoms with Crippen molar-refractivity contribution in [1.82, 2.24) is 24.2 Å². The number of piperazine rings is 1. The zero-order valence-electron chi connectivity index (χ0n) is 12.1. The molecular formula is C12H20BrN5O2S. The van der Waals surface area contributed by atoms with Crippen molar-refractivity contribution >= 4 is 26.0 Å². The van der Waals surface area contributed by atoms with Gasteiger partial charge in [0, 0.05) is 39.3 Å². The van der Waals surface area contributed by atoms with Gasteiger partial charge < -0.3 is 0 Å². The largest absolute Gasteiger partial charge is 0.298 e. The lowest BCUT2D eigenvalue weighted by Gasteiger charge is -2.37. The molecule has 1 aromatic heterocycles. The zero-order chi connectivity index (χ0) is 15.0. The molecule has 0 atom stereocenters. The van der Waals surface area contributed by atoms with Gasteiger partial charge in [-0.15, -0.1) is 5.10 Å². The van der Waals surface area contributed by atoms with Crippen LogP contribution in [0.5, 0.6) is 0 Å². The molecule has 118 valence electrons. The van der Waals surface area contributed by atoms with Crippen molar-refractivity contribution in [3.8, 4) is 0 Å². The highest BCUT2D eigenvalue weighted by Crippen LogP contribution is 2.27. The summed E-state index contributed by atoms with van der Waals surface area (Å²) in [6.45, 7) is 2.70. The molecule has 0 amide bonds. The maximum Gasteiger partial charge on any atom is 0.263 e. The van der Waals surface area contributed by atoms with Crippen molar-refractivity contribution in [2.24, 2.45) is 7.05 Å². The summed E-state index contributed by atoms with van der Waals surface area (Å²) in [5, 5.41) is 7.66. The van der Waals surface area contributed by atoms with Crippen molar-refractivity contribution < 1.29 is 8.42 Å². The van der Waals surface area contributed by atoms with Gasteiger partial charge in [0.05, 0.1) is 0 Å². The maximum atomic E-state index is 12.7. The summed E-state index contributed by atoms with van der Waals surface area (Å²) in [7, 11) is -1.93. The van der Waals surface area contributed by atoms with E-state index in [0.717, 1.165) is 13.1 Å². The number of sulfonamides is 1. The van der Waals surface area contributed by atoms with E-state index >= 15 is 0 Å². The van der Waals surface area contributed by atoms with Crippen molar-refractivity contribution in [3.63, 3.8) is 0 Å². The number of hydrogen-bond donors (Lipinski definition) is 0. The van der Waals surface area contributed by atoms with Gasteiger partial charge in [-0.2, -0.15) is 4.31 Å². The summed E-state index contributed by atoms with van der Waals surface area (Å²) in [6, 6.07) is 0.653. The van der Waals surface area contributed by atoms with E-state index in [4.69, 9.17) is 0 Å². The van der Waals surface area contributed by atoms with Crippen LogP contribution in [0.1, 0.15) is 25.7 Å². The summed E-state index contributed by atoms with van der Waals surface area (Å²) in [5.41, 5.74) is 0. The minimum atomic E-state index is -3.53. The summed E-state index contributed by atoms with van der Waals surface area (Å²) in [4.78, 5) is 2.44. The third-order valence-electron chi connectivity index (χ3n) is 4.44. The van der Waals surface area contributed by atoms with Crippen molar-refractivity contribution in [2.75, 3.05) is 26.2 Å². The fourth-order valence-electron chi connectivity index (χ4n) is 3.30. The highest BCUT2D eigenvalue weighted by Gasteiger charge is 2.35. The van der Waals surface area contributed by atoms with Gasteiger partial charge in [0.15, 0.2) is 4.60 Å². The average Bonchev–Trinajstić information content (AvgIpc) is 3.09. The lowest BCUT2D eigenvalue weighted by Crippen LogP contribution is -2.51. The van der Waals surface area contributed by atoms with Gasteiger partial charge in [-0.25, -0.2) is 13.1 Å². The van der Waals surface area contributed by atoms with Crippen molar-refractivity contribution in [3.05, 3.63) is 4.60 Å². The molecule has 3 rings (SSSR count). The van der Waals surface area contributed by atoms with Crippen LogP contribution in [-0.4, -0.2) is 64.8 Å². The lowest BCUT2D eigenvalue weighted by molar-refractivity contribution is 0.138. The van der Waals surface area contributed by atoms with Gasteiger partial charge >= 0.3 is 0 Å². The monoisotopic (exact) mass is 377 g/mol. The van der Waals surface area contributed by atoms with Gasteiger partial charge in [0.1, 0.15) is 0 Å². The first-order chi connectivity index (χ1) is 10.00. The standard InChI is InChI=1S/C12H20BrN5O2S/c1-16-12(11(13)14-15-16)21(19,20)18-8-6-17(7-9-18)10-4-2-3-5-10/h10H,2-9H2,1H3. The Morgan fingerprint density at radius 3 is 2.29 bits per heavy atom. The molecule has 0 spiro atoms. The third kappa shape index (κ3) is 2.88. The Balaban J connectivity index is 1.71. The molecular weight excluding hydrogens is 358 g/mol.